The fourth-order valence-corrected chi connectivity index (χ4v) is 1.38. The highest BCUT2D eigenvalue weighted by molar-refractivity contribution is 6.00. The second-order valence-electron chi connectivity index (χ2n) is 3.71. The van der Waals surface area contributed by atoms with Crippen LogP contribution in [0.2, 0.25) is 0 Å². The lowest BCUT2D eigenvalue weighted by Gasteiger charge is -2.08. The van der Waals surface area contributed by atoms with Crippen LogP contribution in [0.5, 0.6) is 0 Å². The van der Waals surface area contributed by atoms with Gasteiger partial charge in [-0.25, -0.2) is 0 Å². The molecule has 1 aromatic carbocycles. The number of rotatable bonds is 3. The average molecular weight is 249 g/mol. The third kappa shape index (κ3) is 5.79. The summed E-state index contributed by atoms with van der Waals surface area (Å²) in [4.78, 5) is 30.5. The highest BCUT2D eigenvalue weighted by atomic mass is 16.5. The Labute approximate surface area is 105 Å². The Morgan fingerprint density at radius 3 is 2.44 bits per heavy atom. The minimum Gasteiger partial charge on any atom is -0.463 e. The van der Waals surface area contributed by atoms with E-state index in [1.807, 2.05) is 30.3 Å². The molecule has 0 bridgehead atoms. The Balaban J connectivity index is 0.000000184. The lowest BCUT2D eigenvalue weighted by atomic mass is 10.1. The molecule has 1 aliphatic rings. The van der Waals surface area contributed by atoms with Gasteiger partial charge in [-0.05, 0) is 5.56 Å². The quantitative estimate of drug-likeness (QED) is 0.636. The zero-order chi connectivity index (χ0) is 13.2. The van der Waals surface area contributed by atoms with E-state index in [9.17, 15) is 14.4 Å². The van der Waals surface area contributed by atoms with Gasteiger partial charge in [0.1, 0.15) is 12.4 Å². The third-order valence-electron chi connectivity index (χ3n) is 2.24. The third-order valence-corrected chi connectivity index (χ3v) is 2.24. The molecule has 18 heavy (non-hydrogen) atoms. The monoisotopic (exact) mass is 249 g/mol. The van der Waals surface area contributed by atoms with Crippen molar-refractivity contribution in [3.63, 3.8) is 0 Å². The van der Waals surface area contributed by atoms with Crippen LogP contribution >= 0.6 is 0 Å². The number of hydrogen-bond acceptors (Lipinski definition) is 4. The van der Waals surface area contributed by atoms with Gasteiger partial charge in [0, 0.05) is 13.0 Å². The normalized spacial score (nSPS) is 14.0. The number of piperidine rings is 1. The van der Waals surface area contributed by atoms with Crippen LogP contribution < -0.4 is 5.32 Å². The predicted octanol–water partition coefficient (Wildman–Crippen LogP) is 0.825. The zero-order valence-corrected chi connectivity index (χ0v) is 9.93. The Morgan fingerprint density at radius 2 is 1.94 bits per heavy atom. The number of hydrogen-bond donors (Lipinski definition) is 1. The van der Waals surface area contributed by atoms with Crippen LogP contribution in [0, 0.1) is 0 Å². The van der Waals surface area contributed by atoms with Crippen LogP contribution in [0.3, 0.4) is 0 Å². The van der Waals surface area contributed by atoms with Crippen LogP contribution in [-0.2, 0) is 25.7 Å². The van der Waals surface area contributed by atoms with Crippen molar-refractivity contribution in [3.05, 3.63) is 35.9 Å². The number of carbonyl (C=O) groups excluding carboxylic acids is 3. The predicted molar refractivity (Wildman–Crippen MR) is 64.5 cm³/mol. The zero-order valence-electron chi connectivity index (χ0n) is 9.93. The van der Waals surface area contributed by atoms with E-state index in [0.29, 0.717) is 26.0 Å². The first-order valence-electron chi connectivity index (χ1n) is 5.60. The first-order chi connectivity index (χ1) is 8.72. The van der Waals surface area contributed by atoms with Crippen molar-refractivity contribution in [2.45, 2.75) is 19.4 Å². The highest BCUT2D eigenvalue weighted by Crippen LogP contribution is 1.98. The maximum absolute atomic E-state index is 10.4. The van der Waals surface area contributed by atoms with Crippen LogP contribution in [0.4, 0.5) is 0 Å². The summed E-state index contributed by atoms with van der Waals surface area (Å²) in [6.45, 7) is 1.34. The van der Waals surface area contributed by atoms with E-state index in [1.54, 1.807) is 0 Å². The number of nitrogens with one attached hydrogen (secondary N) is 1. The summed E-state index contributed by atoms with van der Waals surface area (Å²) in [6.07, 6.45) is 0.589. The second-order valence-corrected chi connectivity index (χ2v) is 3.71. The van der Waals surface area contributed by atoms with Gasteiger partial charge >= 0.3 is 0 Å². The van der Waals surface area contributed by atoms with Gasteiger partial charge in [-0.3, -0.25) is 14.4 Å². The van der Waals surface area contributed by atoms with Crippen LogP contribution in [-0.4, -0.2) is 24.7 Å². The van der Waals surface area contributed by atoms with Gasteiger partial charge in [-0.1, -0.05) is 30.3 Å². The first-order valence-corrected chi connectivity index (χ1v) is 5.60. The van der Waals surface area contributed by atoms with E-state index in [1.165, 1.54) is 0 Å². The molecule has 96 valence electrons. The van der Waals surface area contributed by atoms with Crippen LogP contribution in [0.1, 0.15) is 18.4 Å². The SMILES string of the molecule is O=C1CCNC(=O)C1.O=COCc1ccccc1. The maximum Gasteiger partial charge on any atom is 0.293 e. The molecule has 1 amide bonds. The average Bonchev–Trinajstić information content (AvgIpc) is 2.38. The van der Waals surface area contributed by atoms with Crippen LogP contribution in [0.15, 0.2) is 30.3 Å². The summed E-state index contributed by atoms with van der Waals surface area (Å²) in [7, 11) is 0. The summed E-state index contributed by atoms with van der Waals surface area (Å²) < 4.78 is 4.54. The number of benzene rings is 1. The summed E-state index contributed by atoms with van der Waals surface area (Å²) >= 11 is 0. The van der Waals surface area contributed by atoms with Gasteiger partial charge in [0.05, 0.1) is 6.42 Å². The molecule has 1 aromatic rings. The first kappa shape index (κ1) is 13.9. The van der Waals surface area contributed by atoms with Gasteiger partial charge in [0.15, 0.2) is 0 Å². The van der Waals surface area contributed by atoms with E-state index >= 15 is 0 Å². The standard InChI is InChI=1S/C8H8O2.C5H7NO2/c9-7-10-6-8-4-2-1-3-5-8;7-4-1-2-6-5(8)3-4/h1-5,7H,6H2;1-3H2,(H,6,8). The molecule has 0 atom stereocenters. The minimum absolute atomic E-state index is 0.0498. The Morgan fingerprint density at radius 1 is 1.22 bits per heavy atom. The van der Waals surface area contributed by atoms with E-state index in [2.05, 4.69) is 10.1 Å². The van der Waals surface area contributed by atoms with E-state index in [0.717, 1.165) is 5.56 Å². The van der Waals surface area contributed by atoms with Gasteiger partial charge in [0.2, 0.25) is 5.91 Å². The molecule has 1 fully saturated rings. The Kier molecular flexibility index (Phi) is 6.17. The van der Waals surface area contributed by atoms with Crippen molar-refractivity contribution >= 4 is 18.2 Å². The van der Waals surface area contributed by atoms with E-state index in [4.69, 9.17) is 0 Å². The van der Waals surface area contributed by atoms with Gasteiger partial charge < -0.3 is 10.1 Å². The summed E-state index contributed by atoms with van der Waals surface area (Å²) in [6, 6.07) is 9.55. The topological polar surface area (TPSA) is 72.5 Å². The van der Waals surface area contributed by atoms with Crippen molar-refractivity contribution in [1.82, 2.24) is 5.32 Å². The van der Waals surface area contributed by atoms with Crippen molar-refractivity contribution < 1.29 is 19.1 Å². The second kappa shape index (κ2) is 8.00. The molecule has 0 aliphatic carbocycles. The molecule has 1 aliphatic heterocycles. The van der Waals surface area contributed by atoms with Gasteiger partial charge in [0.25, 0.3) is 6.47 Å². The lowest BCUT2D eigenvalue weighted by molar-refractivity contribution is -0.131. The number of amides is 1. The smallest absolute Gasteiger partial charge is 0.293 e. The fraction of sp³-hybridized carbons (Fsp3) is 0.308. The molecule has 1 N–H and O–H groups in total. The molecule has 5 nitrogen and oxygen atoms in total. The largest absolute Gasteiger partial charge is 0.463 e. The van der Waals surface area contributed by atoms with Crippen molar-refractivity contribution in [1.29, 1.82) is 0 Å². The maximum atomic E-state index is 10.4. The molecule has 5 heteroatoms. The molecule has 0 unspecified atom stereocenters. The minimum atomic E-state index is -0.138. The number of ether oxygens (including phenoxy) is 1. The van der Waals surface area contributed by atoms with Crippen molar-refractivity contribution in [2.24, 2.45) is 0 Å². The number of ketones is 1. The molecular formula is C13H15NO4. The molecule has 1 heterocycles. The van der Waals surface area contributed by atoms with Crippen molar-refractivity contribution in [2.75, 3.05) is 6.54 Å². The van der Waals surface area contributed by atoms with Crippen molar-refractivity contribution in [3.8, 4) is 0 Å². The molecule has 0 radical (unpaired) electrons. The van der Waals surface area contributed by atoms with E-state index < -0.39 is 0 Å². The summed E-state index contributed by atoms with van der Waals surface area (Å²) in [5.74, 6) is -0.0880. The molecule has 1 saturated heterocycles. The fourth-order valence-electron chi connectivity index (χ4n) is 1.38. The summed E-state index contributed by atoms with van der Waals surface area (Å²) in [5, 5.41) is 2.55. The Bertz CT molecular complexity index is 389. The van der Waals surface area contributed by atoms with Gasteiger partial charge in [-0.15, -0.1) is 0 Å². The van der Waals surface area contributed by atoms with E-state index in [-0.39, 0.29) is 18.1 Å². The number of Topliss-reactive ketones (excluding diaryl/α,β-unsaturated/α-hetero) is 1. The highest BCUT2D eigenvalue weighted by Gasteiger charge is 2.13. The molecule has 0 aromatic heterocycles. The molecular weight excluding hydrogens is 234 g/mol. The molecule has 2 rings (SSSR count). The molecule has 0 saturated carbocycles. The summed E-state index contributed by atoms with van der Waals surface area (Å²) in [5.41, 5.74) is 1.01. The Hall–Kier alpha value is -2.17. The molecule has 0 spiro atoms. The van der Waals surface area contributed by atoms with Crippen LogP contribution in [0.25, 0.3) is 0 Å². The lowest BCUT2D eigenvalue weighted by Crippen LogP contribution is -2.33. The number of carbonyl (C=O) groups is 3. The van der Waals surface area contributed by atoms with Gasteiger partial charge in [-0.2, -0.15) is 0 Å².